The van der Waals surface area contributed by atoms with Crippen LogP contribution in [0.4, 0.5) is 0 Å². The predicted molar refractivity (Wildman–Crippen MR) is 103 cm³/mol. The highest BCUT2D eigenvalue weighted by Crippen LogP contribution is 2.27. The Labute approximate surface area is 160 Å². The van der Waals surface area contributed by atoms with Crippen LogP contribution < -0.4 is 5.56 Å². The van der Waals surface area contributed by atoms with E-state index in [1.807, 2.05) is 28.2 Å². The van der Waals surface area contributed by atoms with E-state index in [-0.39, 0.29) is 17.4 Å². The maximum absolute atomic E-state index is 12.9. The Morgan fingerprint density at radius 2 is 2.22 bits per heavy atom. The Hall–Kier alpha value is -2.74. The minimum Gasteiger partial charge on any atom is -0.338 e. The largest absolute Gasteiger partial charge is 0.338 e. The summed E-state index contributed by atoms with van der Waals surface area (Å²) >= 11 is 1.58. The maximum atomic E-state index is 12.9. The molecule has 0 bridgehead atoms. The second-order valence-electron chi connectivity index (χ2n) is 6.85. The highest BCUT2D eigenvalue weighted by molar-refractivity contribution is 7.07. The lowest BCUT2D eigenvalue weighted by molar-refractivity contribution is 0.0702. The predicted octanol–water partition coefficient (Wildman–Crippen LogP) is 2.11. The Kier molecular flexibility index (Phi) is 4.89. The van der Waals surface area contributed by atoms with Crippen molar-refractivity contribution in [2.24, 2.45) is 7.05 Å². The molecule has 7 nitrogen and oxygen atoms in total. The SMILES string of the molecule is Cn1cc(C(=O)N2CCCC(c3nccn3Cc3cscn3)C2)ccc1=O. The van der Waals surface area contributed by atoms with E-state index < -0.39 is 0 Å². The van der Waals surface area contributed by atoms with Gasteiger partial charge in [-0.15, -0.1) is 11.3 Å². The molecule has 1 unspecified atom stereocenters. The number of piperidine rings is 1. The minimum absolute atomic E-state index is 0.0343. The molecule has 3 aromatic rings. The van der Waals surface area contributed by atoms with Crippen LogP contribution in [-0.4, -0.2) is 43.0 Å². The van der Waals surface area contributed by atoms with Gasteiger partial charge in [-0.25, -0.2) is 9.97 Å². The summed E-state index contributed by atoms with van der Waals surface area (Å²) in [5.41, 5.74) is 3.28. The molecule has 0 aromatic carbocycles. The molecular weight excluding hydrogens is 362 g/mol. The van der Waals surface area contributed by atoms with Gasteiger partial charge in [-0.1, -0.05) is 0 Å². The van der Waals surface area contributed by atoms with Crippen LogP contribution in [0.2, 0.25) is 0 Å². The van der Waals surface area contributed by atoms with E-state index in [9.17, 15) is 9.59 Å². The summed E-state index contributed by atoms with van der Waals surface area (Å²) in [6.45, 7) is 2.06. The van der Waals surface area contributed by atoms with Crippen molar-refractivity contribution in [2.75, 3.05) is 13.1 Å². The van der Waals surface area contributed by atoms with Crippen LogP contribution in [0.3, 0.4) is 0 Å². The lowest BCUT2D eigenvalue weighted by Crippen LogP contribution is -2.40. The van der Waals surface area contributed by atoms with Gasteiger partial charge in [0.15, 0.2) is 0 Å². The van der Waals surface area contributed by atoms with Crippen LogP contribution in [0.1, 0.15) is 40.6 Å². The third-order valence-electron chi connectivity index (χ3n) is 4.97. The van der Waals surface area contributed by atoms with Crippen molar-refractivity contribution in [3.63, 3.8) is 0 Å². The van der Waals surface area contributed by atoms with Crippen molar-refractivity contribution in [1.29, 1.82) is 0 Å². The monoisotopic (exact) mass is 383 g/mol. The van der Waals surface area contributed by atoms with Crippen LogP contribution in [-0.2, 0) is 13.6 Å². The van der Waals surface area contributed by atoms with Gasteiger partial charge in [0, 0.05) is 56.1 Å². The van der Waals surface area contributed by atoms with E-state index >= 15 is 0 Å². The molecule has 3 aromatic heterocycles. The van der Waals surface area contributed by atoms with E-state index in [4.69, 9.17) is 0 Å². The zero-order valence-electron chi connectivity index (χ0n) is 15.1. The minimum atomic E-state index is -0.118. The summed E-state index contributed by atoms with van der Waals surface area (Å²) in [7, 11) is 1.66. The van der Waals surface area contributed by atoms with Gasteiger partial charge < -0.3 is 14.0 Å². The molecule has 0 saturated carbocycles. The van der Waals surface area contributed by atoms with Crippen molar-refractivity contribution in [3.05, 3.63) is 69.0 Å². The summed E-state index contributed by atoms with van der Waals surface area (Å²) in [5, 5.41) is 2.04. The number of aromatic nitrogens is 4. The normalized spacial score (nSPS) is 17.2. The molecule has 8 heteroatoms. The van der Waals surface area contributed by atoms with Gasteiger partial charge in [-0.05, 0) is 18.9 Å². The zero-order valence-corrected chi connectivity index (χ0v) is 15.9. The Bertz CT molecular complexity index is 992. The van der Waals surface area contributed by atoms with Crippen LogP contribution >= 0.6 is 11.3 Å². The molecule has 0 aliphatic carbocycles. The molecule has 0 N–H and O–H groups in total. The number of imidazole rings is 1. The van der Waals surface area contributed by atoms with Crippen LogP contribution in [0.15, 0.2) is 46.4 Å². The second-order valence-corrected chi connectivity index (χ2v) is 7.57. The number of carbonyl (C=O) groups excluding carboxylic acids is 1. The van der Waals surface area contributed by atoms with E-state index in [1.54, 1.807) is 30.6 Å². The Balaban J connectivity index is 1.51. The van der Waals surface area contributed by atoms with E-state index in [1.165, 1.54) is 10.6 Å². The van der Waals surface area contributed by atoms with Gasteiger partial charge in [-0.3, -0.25) is 9.59 Å². The number of rotatable bonds is 4. The number of nitrogens with zero attached hydrogens (tertiary/aromatic N) is 5. The zero-order chi connectivity index (χ0) is 18.8. The summed E-state index contributed by atoms with van der Waals surface area (Å²) < 4.78 is 3.56. The van der Waals surface area contributed by atoms with Crippen molar-refractivity contribution < 1.29 is 4.79 Å². The number of pyridine rings is 1. The third-order valence-corrected chi connectivity index (χ3v) is 5.61. The van der Waals surface area contributed by atoms with E-state index in [2.05, 4.69) is 14.5 Å². The molecule has 27 heavy (non-hydrogen) atoms. The third kappa shape index (κ3) is 3.71. The molecule has 0 radical (unpaired) electrons. The van der Waals surface area contributed by atoms with Gasteiger partial charge in [0.1, 0.15) is 5.82 Å². The van der Waals surface area contributed by atoms with Crippen LogP contribution in [0.25, 0.3) is 0 Å². The topological polar surface area (TPSA) is 73.0 Å². The number of amides is 1. The second kappa shape index (κ2) is 7.48. The average Bonchev–Trinajstić information content (AvgIpc) is 3.36. The lowest BCUT2D eigenvalue weighted by atomic mass is 9.96. The highest BCUT2D eigenvalue weighted by Gasteiger charge is 2.28. The molecule has 0 spiro atoms. The Morgan fingerprint density at radius 3 is 3.00 bits per heavy atom. The standard InChI is InChI=1S/C19H21N5O2S/c1-22-9-15(4-5-17(22)25)19(26)24-7-2-3-14(10-24)18-20-6-8-23(18)11-16-12-27-13-21-16/h4-6,8-9,12-14H,2-3,7,10-11H2,1H3. The fraction of sp³-hybridized carbons (Fsp3) is 0.368. The smallest absolute Gasteiger partial charge is 0.255 e. The van der Waals surface area contributed by atoms with E-state index in [0.717, 1.165) is 30.9 Å². The van der Waals surface area contributed by atoms with Gasteiger partial charge in [0.2, 0.25) is 5.56 Å². The van der Waals surface area contributed by atoms with Crippen LogP contribution in [0, 0.1) is 0 Å². The number of likely N-dealkylation sites (tertiary alicyclic amines) is 1. The van der Waals surface area contributed by atoms with E-state index in [0.29, 0.717) is 18.7 Å². The maximum Gasteiger partial charge on any atom is 0.255 e. The number of aryl methyl sites for hydroxylation is 1. The quantitative estimate of drug-likeness (QED) is 0.692. The van der Waals surface area contributed by atoms with Gasteiger partial charge >= 0.3 is 0 Å². The molecule has 1 aliphatic heterocycles. The van der Waals surface area contributed by atoms with Crippen LogP contribution in [0.5, 0.6) is 0 Å². The Morgan fingerprint density at radius 1 is 1.33 bits per heavy atom. The molecule has 140 valence electrons. The summed E-state index contributed by atoms with van der Waals surface area (Å²) in [4.78, 5) is 35.3. The molecule has 1 fully saturated rings. The van der Waals surface area contributed by atoms with Gasteiger partial charge in [0.25, 0.3) is 5.91 Å². The van der Waals surface area contributed by atoms with Crippen molar-refractivity contribution in [1.82, 2.24) is 24.0 Å². The summed E-state index contributed by atoms with van der Waals surface area (Å²) in [6, 6.07) is 3.05. The molecular formula is C19H21N5O2S. The van der Waals surface area contributed by atoms with Gasteiger partial charge in [0.05, 0.1) is 23.3 Å². The molecule has 1 atom stereocenters. The number of hydrogen-bond acceptors (Lipinski definition) is 5. The summed E-state index contributed by atoms with van der Waals surface area (Å²) in [6.07, 6.45) is 7.34. The lowest BCUT2D eigenvalue weighted by Gasteiger charge is -2.32. The first kappa shape index (κ1) is 17.7. The molecule has 1 amide bonds. The highest BCUT2D eigenvalue weighted by atomic mass is 32.1. The van der Waals surface area contributed by atoms with Gasteiger partial charge in [-0.2, -0.15) is 0 Å². The molecule has 1 saturated heterocycles. The molecule has 4 rings (SSSR count). The molecule has 4 heterocycles. The fourth-order valence-corrected chi connectivity index (χ4v) is 4.13. The number of hydrogen-bond donors (Lipinski definition) is 0. The average molecular weight is 383 g/mol. The van der Waals surface area contributed by atoms with Crippen molar-refractivity contribution in [2.45, 2.75) is 25.3 Å². The fourth-order valence-electron chi connectivity index (χ4n) is 3.58. The molecule has 1 aliphatic rings. The first-order valence-electron chi connectivity index (χ1n) is 8.96. The first-order chi connectivity index (χ1) is 13.1. The number of thiazole rings is 1. The first-order valence-corrected chi connectivity index (χ1v) is 9.90. The van der Waals surface area contributed by atoms with Crippen molar-refractivity contribution in [3.8, 4) is 0 Å². The van der Waals surface area contributed by atoms with Crippen molar-refractivity contribution >= 4 is 17.2 Å². The number of carbonyl (C=O) groups is 1. The summed E-state index contributed by atoms with van der Waals surface area (Å²) in [5.74, 6) is 1.16.